The summed E-state index contributed by atoms with van der Waals surface area (Å²) in [5.74, 6) is 5.97. The SMILES string of the molecule is Fc1ccc(Br)c(OCC#Cc2ccccc2)c1. The van der Waals surface area contributed by atoms with E-state index in [1.54, 1.807) is 6.07 Å². The maximum atomic E-state index is 13.0. The minimum atomic E-state index is -0.329. The lowest BCUT2D eigenvalue weighted by molar-refractivity contribution is 0.365. The van der Waals surface area contributed by atoms with Gasteiger partial charge in [-0.3, -0.25) is 0 Å². The van der Waals surface area contributed by atoms with E-state index in [9.17, 15) is 4.39 Å². The second-order valence-corrected chi connectivity index (χ2v) is 4.39. The second-order valence-electron chi connectivity index (χ2n) is 3.53. The normalized spacial score (nSPS) is 9.44. The van der Waals surface area contributed by atoms with Gasteiger partial charge in [0.15, 0.2) is 0 Å². The molecule has 0 unspecified atom stereocenters. The molecule has 18 heavy (non-hydrogen) atoms. The Hall–Kier alpha value is -1.79. The van der Waals surface area contributed by atoms with Gasteiger partial charge in [-0.2, -0.15) is 0 Å². The van der Waals surface area contributed by atoms with Gasteiger partial charge in [0.1, 0.15) is 18.2 Å². The number of rotatable bonds is 2. The fourth-order valence-corrected chi connectivity index (χ4v) is 1.72. The van der Waals surface area contributed by atoms with Gasteiger partial charge in [0.2, 0.25) is 0 Å². The van der Waals surface area contributed by atoms with E-state index >= 15 is 0 Å². The zero-order valence-corrected chi connectivity index (χ0v) is 11.1. The smallest absolute Gasteiger partial charge is 0.149 e. The highest BCUT2D eigenvalue weighted by molar-refractivity contribution is 9.10. The average Bonchev–Trinajstić information content (AvgIpc) is 2.40. The van der Waals surface area contributed by atoms with Gasteiger partial charge in [-0.1, -0.05) is 30.0 Å². The minimum Gasteiger partial charge on any atom is -0.480 e. The number of hydrogen-bond donors (Lipinski definition) is 0. The first-order valence-corrected chi connectivity index (χ1v) is 6.17. The van der Waals surface area contributed by atoms with Crippen LogP contribution in [0.5, 0.6) is 5.75 Å². The van der Waals surface area contributed by atoms with Gasteiger partial charge in [-0.25, -0.2) is 4.39 Å². The van der Waals surface area contributed by atoms with E-state index in [0.717, 1.165) is 5.56 Å². The van der Waals surface area contributed by atoms with Crippen LogP contribution in [0.4, 0.5) is 4.39 Å². The van der Waals surface area contributed by atoms with Crippen LogP contribution in [0.1, 0.15) is 5.56 Å². The quantitative estimate of drug-likeness (QED) is 0.762. The molecule has 0 amide bonds. The van der Waals surface area contributed by atoms with Crippen molar-refractivity contribution in [3.8, 4) is 17.6 Å². The fraction of sp³-hybridized carbons (Fsp3) is 0.0667. The zero-order chi connectivity index (χ0) is 12.8. The first kappa shape index (κ1) is 12.7. The largest absolute Gasteiger partial charge is 0.480 e. The Bertz CT molecular complexity index is 584. The molecule has 0 radical (unpaired) electrons. The molecule has 2 aromatic carbocycles. The molecule has 0 aromatic heterocycles. The minimum absolute atomic E-state index is 0.219. The molecule has 0 heterocycles. The average molecular weight is 305 g/mol. The molecule has 0 bridgehead atoms. The standard InChI is InChI=1S/C15H10BrFO/c16-14-9-8-13(17)11-15(14)18-10-4-7-12-5-2-1-3-6-12/h1-3,5-6,8-9,11H,10H2. The van der Waals surface area contributed by atoms with Crippen LogP contribution in [-0.4, -0.2) is 6.61 Å². The van der Waals surface area contributed by atoms with Crippen LogP contribution in [0.15, 0.2) is 53.0 Å². The van der Waals surface area contributed by atoms with Crippen LogP contribution < -0.4 is 4.74 Å². The van der Waals surface area contributed by atoms with Crippen molar-refractivity contribution in [1.29, 1.82) is 0 Å². The van der Waals surface area contributed by atoms with E-state index in [1.807, 2.05) is 30.3 Å². The number of benzene rings is 2. The van der Waals surface area contributed by atoms with Crippen molar-refractivity contribution >= 4 is 15.9 Å². The van der Waals surface area contributed by atoms with Crippen molar-refractivity contribution in [2.45, 2.75) is 0 Å². The molecular weight excluding hydrogens is 295 g/mol. The predicted molar refractivity (Wildman–Crippen MR) is 72.9 cm³/mol. The summed E-state index contributed by atoms with van der Waals surface area (Å²) in [7, 11) is 0. The van der Waals surface area contributed by atoms with E-state index in [4.69, 9.17) is 4.74 Å². The third-order valence-corrected chi connectivity index (χ3v) is 2.85. The molecule has 0 N–H and O–H groups in total. The zero-order valence-electron chi connectivity index (χ0n) is 9.49. The molecule has 2 rings (SSSR count). The number of ether oxygens (including phenoxy) is 1. The summed E-state index contributed by atoms with van der Waals surface area (Å²) < 4.78 is 19.1. The molecule has 0 spiro atoms. The van der Waals surface area contributed by atoms with Gasteiger partial charge in [0.05, 0.1) is 4.47 Å². The topological polar surface area (TPSA) is 9.23 Å². The molecule has 0 saturated carbocycles. The molecule has 3 heteroatoms. The fourth-order valence-electron chi connectivity index (χ4n) is 1.36. The van der Waals surface area contributed by atoms with E-state index in [0.29, 0.717) is 10.2 Å². The molecule has 0 atom stereocenters. The summed E-state index contributed by atoms with van der Waals surface area (Å²) in [5, 5.41) is 0. The summed E-state index contributed by atoms with van der Waals surface area (Å²) in [4.78, 5) is 0. The van der Waals surface area contributed by atoms with Crippen molar-refractivity contribution in [2.75, 3.05) is 6.61 Å². The van der Waals surface area contributed by atoms with Crippen LogP contribution in [0.2, 0.25) is 0 Å². The van der Waals surface area contributed by atoms with Gasteiger partial charge in [-0.15, -0.1) is 0 Å². The van der Waals surface area contributed by atoms with Crippen LogP contribution in [0.25, 0.3) is 0 Å². The predicted octanol–water partition coefficient (Wildman–Crippen LogP) is 4.02. The Labute approximate surface area is 114 Å². The van der Waals surface area contributed by atoms with Crippen molar-refractivity contribution < 1.29 is 9.13 Å². The van der Waals surface area contributed by atoms with Crippen molar-refractivity contribution in [2.24, 2.45) is 0 Å². The third kappa shape index (κ3) is 3.61. The maximum Gasteiger partial charge on any atom is 0.149 e. The summed E-state index contributed by atoms with van der Waals surface area (Å²) in [5.41, 5.74) is 0.930. The molecule has 0 saturated heterocycles. The molecule has 90 valence electrons. The molecule has 2 aromatic rings. The Morgan fingerprint density at radius 3 is 2.67 bits per heavy atom. The first-order chi connectivity index (χ1) is 8.75. The van der Waals surface area contributed by atoms with Crippen LogP contribution in [0.3, 0.4) is 0 Å². The second kappa shape index (κ2) is 6.23. The lowest BCUT2D eigenvalue weighted by Gasteiger charge is -2.04. The van der Waals surface area contributed by atoms with Gasteiger partial charge >= 0.3 is 0 Å². The molecule has 0 aliphatic rings. The first-order valence-electron chi connectivity index (χ1n) is 5.37. The van der Waals surface area contributed by atoms with Crippen molar-refractivity contribution in [3.63, 3.8) is 0 Å². The maximum absolute atomic E-state index is 13.0. The molecule has 0 aliphatic heterocycles. The molecule has 0 aliphatic carbocycles. The summed E-state index contributed by atoms with van der Waals surface area (Å²) in [6, 6.07) is 13.9. The molecule has 0 fully saturated rings. The highest BCUT2D eigenvalue weighted by Crippen LogP contribution is 2.25. The summed E-state index contributed by atoms with van der Waals surface area (Å²) in [6.45, 7) is 0.219. The van der Waals surface area contributed by atoms with Crippen molar-refractivity contribution in [3.05, 3.63) is 64.4 Å². The van der Waals surface area contributed by atoms with E-state index in [2.05, 4.69) is 27.8 Å². The Morgan fingerprint density at radius 2 is 1.89 bits per heavy atom. The van der Waals surface area contributed by atoms with E-state index in [-0.39, 0.29) is 12.4 Å². The molecular formula is C15H10BrFO. The van der Waals surface area contributed by atoms with Gasteiger partial charge in [0, 0.05) is 11.6 Å². The Kier molecular flexibility index (Phi) is 4.38. The highest BCUT2D eigenvalue weighted by Gasteiger charge is 2.01. The van der Waals surface area contributed by atoms with Crippen LogP contribution in [-0.2, 0) is 0 Å². The van der Waals surface area contributed by atoms with E-state index in [1.165, 1.54) is 12.1 Å². The van der Waals surface area contributed by atoms with Crippen LogP contribution >= 0.6 is 15.9 Å². The van der Waals surface area contributed by atoms with Gasteiger partial charge < -0.3 is 4.74 Å². The molecule has 1 nitrogen and oxygen atoms in total. The number of hydrogen-bond acceptors (Lipinski definition) is 1. The number of halogens is 2. The Balaban J connectivity index is 1.97. The van der Waals surface area contributed by atoms with Gasteiger partial charge in [-0.05, 0) is 40.2 Å². The highest BCUT2D eigenvalue weighted by atomic mass is 79.9. The Morgan fingerprint density at radius 1 is 1.11 bits per heavy atom. The third-order valence-electron chi connectivity index (χ3n) is 2.20. The van der Waals surface area contributed by atoms with Gasteiger partial charge in [0.25, 0.3) is 0 Å². The van der Waals surface area contributed by atoms with Crippen molar-refractivity contribution in [1.82, 2.24) is 0 Å². The lowest BCUT2D eigenvalue weighted by Crippen LogP contribution is -1.95. The van der Waals surface area contributed by atoms with Crippen LogP contribution in [0, 0.1) is 17.7 Å². The lowest BCUT2D eigenvalue weighted by atomic mass is 10.2. The summed E-state index contributed by atoms with van der Waals surface area (Å²) in [6.07, 6.45) is 0. The monoisotopic (exact) mass is 304 g/mol. The summed E-state index contributed by atoms with van der Waals surface area (Å²) >= 11 is 3.29. The van der Waals surface area contributed by atoms with E-state index < -0.39 is 0 Å².